The maximum atomic E-state index is 13.0. The lowest BCUT2D eigenvalue weighted by Gasteiger charge is -2.43. The van der Waals surface area contributed by atoms with Crippen LogP contribution in [0.15, 0.2) is 46.0 Å². The van der Waals surface area contributed by atoms with Gasteiger partial charge in [0.15, 0.2) is 0 Å². The molecule has 1 aromatic heterocycles. The van der Waals surface area contributed by atoms with Crippen LogP contribution in [0, 0.1) is 0 Å². The van der Waals surface area contributed by atoms with Crippen LogP contribution >= 0.6 is 11.3 Å². The molecule has 3 N–H and O–H groups in total. The lowest BCUT2D eigenvalue weighted by atomic mass is 10.1. The van der Waals surface area contributed by atoms with Gasteiger partial charge in [0.2, 0.25) is 0 Å². The number of hydrogen-bond acceptors (Lipinski definition) is 7. The number of phenols is 1. The predicted octanol–water partition coefficient (Wildman–Crippen LogP) is 1.69. The molecular weight excluding hydrogens is 398 g/mol. The van der Waals surface area contributed by atoms with Crippen LogP contribution in [0.25, 0.3) is 0 Å². The Morgan fingerprint density at radius 1 is 1.21 bits per heavy atom. The Morgan fingerprint density at radius 3 is 2.54 bits per heavy atom. The minimum absolute atomic E-state index is 0.0177. The van der Waals surface area contributed by atoms with Gasteiger partial charge in [0.1, 0.15) is 9.96 Å². The van der Waals surface area contributed by atoms with Gasteiger partial charge < -0.3 is 20.4 Å². The molecule has 1 aliphatic heterocycles. The third-order valence-electron chi connectivity index (χ3n) is 4.93. The number of sulfonamides is 1. The van der Waals surface area contributed by atoms with E-state index in [1.165, 1.54) is 15.6 Å². The van der Waals surface area contributed by atoms with Gasteiger partial charge in [-0.15, -0.1) is 11.3 Å². The summed E-state index contributed by atoms with van der Waals surface area (Å²) in [5, 5.41) is 24.2. The first-order valence-electron chi connectivity index (χ1n) is 9.18. The molecule has 1 aliphatic rings. The fourth-order valence-electron chi connectivity index (χ4n) is 3.19. The third kappa shape index (κ3) is 4.66. The molecule has 7 nitrogen and oxygen atoms in total. The normalized spacial score (nSPS) is 19.1. The van der Waals surface area contributed by atoms with E-state index in [-0.39, 0.29) is 18.4 Å². The van der Waals surface area contributed by atoms with Crippen molar-refractivity contribution in [1.82, 2.24) is 9.62 Å². The number of aliphatic hydroxyl groups excluding tert-OH is 1. The van der Waals surface area contributed by atoms with E-state index in [4.69, 9.17) is 0 Å². The van der Waals surface area contributed by atoms with Crippen LogP contribution in [-0.4, -0.2) is 67.3 Å². The molecule has 0 bridgehead atoms. The molecule has 0 amide bonds. The summed E-state index contributed by atoms with van der Waals surface area (Å²) < 4.78 is 27.8. The molecule has 1 atom stereocenters. The molecular formula is C19H27N3O4S2. The summed E-state index contributed by atoms with van der Waals surface area (Å²) in [4.78, 5) is 2.15. The Kier molecular flexibility index (Phi) is 6.31. The van der Waals surface area contributed by atoms with E-state index in [0.717, 1.165) is 5.69 Å². The van der Waals surface area contributed by atoms with Crippen molar-refractivity contribution in [2.45, 2.75) is 29.6 Å². The van der Waals surface area contributed by atoms with Gasteiger partial charge in [0.05, 0.1) is 12.6 Å². The number of aromatic hydroxyl groups is 1. The van der Waals surface area contributed by atoms with E-state index in [1.54, 1.807) is 29.6 Å². The molecule has 2 aromatic rings. The first-order valence-corrected chi connectivity index (χ1v) is 11.5. The Morgan fingerprint density at radius 2 is 1.93 bits per heavy atom. The second-order valence-corrected chi connectivity index (χ2v) is 10.7. The first-order chi connectivity index (χ1) is 13.2. The Bertz CT molecular complexity index is 867. The van der Waals surface area contributed by atoms with Crippen LogP contribution in [-0.2, 0) is 10.0 Å². The summed E-state index contributed by atoms with van der Waals surface area (Å²) >= 11 is 1.23. The Balaban J connectivity index is 1.83. The molecule has 1 saturated heterocycles. The van der Waals surface area contributed by atoms with Crippen molar-refractivity contribution in [2.24, 2.45) is 0 Å². The smallest absolute Gasteiger partial charge is 0.252 e. The molecule has 3 rings (SSSR count). The van der Waals surface area contributed by atoms with Gasteiger partial charge in [-0.1, -0.05) is 6.07 Å². The van der Waals surface area contributed by atoms with Crippen molar-refractivity contribution in [3.05, 3.63) is 41.8 Å². The average molecular weight is 426 g/mol. The van der Waals surface area contributed by atoms with Crippen molar-refractivity contribution in [2.75, 3.05) is 37.7 Å². The maximum absolute atomic E-state index is 13.0. The van der Waals surface area contributed by atoms with Gasteiger partial charge >= 0.3 is 0 Å². The highest BCUT2D eigenvalue weighted by molar-refractivity contribution is 7.91. The molecule has 1 aromatic carbocycles. The van der Waals surface area contributed by atoms with Crippen molar-refractivity contribution in [1.29, 1.82) is 0 Å². The Hall–Kier alpha value is -1.65. The standard InChI is InChI=1S/C19H27N3O4S2/c1-19(2,14-23)20-12-16-13-21(28(25,26)18-4-3-11-27-18)9-10-22(16)15-5-7-17(24)8-6-15/h3-8,11,16,20,23-24H,9-10,12-14H2,1-2H3/t16-/m0/s1. The number of nitrogens with one attached hydrogen (secondary N) is 1. The van der Waals surface area contributed by atoms with Gasteiger partial charge in [-0.05, 0) is 49.6 Å². The van der Waals surface area contributed by atoms with Gasteiger partial charge in [-0.25, -0.2) is 8.42 Å². The molecule has 9 heteroatoms. The molecule has 1 fully saturated rings. The highest BCUT2D eigenvalue weighted by atomic mass is 32.2. The first kappa shape index (κ1) is 21.1. The van der Waals surface area contributed by atoms with Crippen LogP contribution in [0.5, 0.6) is 5.75 Å². The Labute approximate surface area is 170 Å². The number of rotatable bonds is 7. The highest BCUT2D eigenvalue weighted by Gasteiger charge is 2.35. The zero-order valence-electron chi connectivity index (χ0n) is 16.1. The zero-order chi connectivity index (χ0) is 20.4. The van der Waals surface area contributed by atoms with Crippen LogP contribution < -0.4 is 10.2 Å². The molecule has 0 aliphatic carbocycles. The topological polar surface area (TPSA) is 93.1 Å². The minimum Gasteiger partial charge on any atom is -0.508 e. The summed E-state index contributed by atoms with van der Waals surface area (Å²) in [5.74, 6) is 0.193. The van der Waals surface area contributed by atoms with Crippen molar-refractivity contribution >= 4 is 27.0 Å². The van der Waals surface area contributed by atoms with Gasteiger partial charge in [-0.2, -0.15) is 4.31 Å². The second kappa shape index (κ2) is 8.38. The number of piperazine rings is 1. The largest absolute Gasteiger partial charge is 0.508 e. The number of anilines is 1. The third-order valence-corrected chi connectivity index (χ3v) is 8.17. The molecule has 0 radical (unpaired) electrons. The molecule has 0 unspecified atom stereocenters. The number of aliphatic hydroxyl groups is 1. The van der Waals surface area contributed by atoms with E-state index in [9.17, 15) is 18.6 Å². The van der Waals surface area contributed by atoms with Crippen LogP contribution in [0.3, 0.4) is 0 Å². The van der Waals surface area contributed by atoms with Crippen LogP contribution in [0.2, 0.25) is 0 Å². The summed E-state index contributed by atoms with van der Waals surface area (Å²) in [6, 6.07) is 10.2. The average Bonchev–Trinajstić information content (AvgIpc) is 3.23. The van der Waals surface area contributed by atoms with Crippen molar-refractivity contribution in [3.8, 4) is 5.75 Å². The van der Waals surface area contributed by atoms with E-state index in [0.29, 0.717) is 30.4 Å². The minimum atomic E-state index is -3.52. The molecule has 0 spiro atoms. The highest BCUT2D eigenvalue weighted by Crippen LogP contribution is 2.27. The van der Waals surface area contributed by atoms with Gasteiger partial charge in [0, 0.05) is 37.4 Å². The van der Waals surface area contributed by atoms with Gasteiger partial charge in [-0.3, -0.25) is 0 Å². The molecule has 154 valence electrons. The summed E-state index contributed by atoms with van der Waals surface area (Å²) in [5.41, 5.74) is 0.467. The number of hydrogen-bond donors (Lipinski definition) is 3. The van der Waals surface area contributed by atoms with E-state index in [1.807, 2.05) is 26.0 Å². The summed E-state index contributed by atoms with van der Waals surface area (Å²) in [7, 11) is -3.52. The van der Waals surface area contributed by atoms with E-state index in [2.05, 4.69) is 10.2 Å². The van der Waals surface area contributed by atoms with Crippen molar-refractivity contribution < 1.29 is 18.6 Å². The number of benzene rings is 1. The van der Waals surface area contributed by atoms with Crippen LogP contribution in [0.1, 0.15) is 13.8 Å². The van der Waals surface area contributed by atoms with E-state index < -0.39 is 15.6 Å². The van der Waals surface area contributed by atoms with E-state index >= 15 is 0 Å². The fourth-order valence-corrected chi connectivity index (χ4v) is 5.80. The second-order valence-electron chi connectivity index (χ2n) is 7.58. The number of phenolic OH excluding ortho intramolecular Hbond substituents is 1. The monoisotopic (exact) mass is 425 g/mol. The van der Waals surface area contributed by atoms with Crippen molar-refractivity contribution in [3.63, 3.8) is 0 Å². The maximum Gasteiger partial charge on any atom is 0.252 e. The van der Waals surface area contributed by atoms with Gasteiger partial charge in [0.25, 0.3) is 10.0 Å². The summed E-state index contributed by atoms with van der Waals surface area (Å²) in [6.45, 7) is 5.58. The SMILES string of the molecule is CC(C)(CO)NC[C@H]1CN(S(=O)(=O)c2cccs2)CCN1c1ccc(O)cc1. The lowest BCUT2D eigenvalue weighted by molar-refractivity contribution is 0.182. The lowest BCUT2D eigenvalue weighted by Crippen LogP contribution is -2.60. The van der Waals surface area contributed by atoms with Crippen LogP contribution in [0.4, 0.5) is 5.69 Å². The molecule has 2 heterocycles. The quantitative estimate of drug-likeness (QED) is 0.625. The summed E-state index contributed by atoms with van der Waals surface area (Å²) in [6.07, 6.45) is 0. The number of nitrogens with zero attached hydrogens (tertiary/aromatic N) is 2. The molecule has 28 heavy (non-hydrogen) atoms. The number of thiophene rings is 1. The fraction of sp³-hybridized carbons (Fsp3) is 0.474. The zero-order valence-corrected chi connectivity index (χ0v) is 17.7. The predicted molar refractivity (Wildman–Crippen MR) is 111 cm³/mol. The molecule has 0 saturated carbocycles.